The summed E-state index contributed by atoms with van der Waals surface area (Å²) in [7, 11) is 1.90. The number of halogens is 1. The summed E-state index contributed by atoms with van der Waals surface area (Å²) < 4.78 is 13.5. The summed E-state index contributed by atoms with van der Waals surface area (Å²) in [4.78, 5) is 1.98. The first-order valence-electron chi connectivity index (χ1n) is 6.27. The maximum absolute atomic E-state index is 13.5. The van der Waals surface area contributed by atoms with E-state index in [-0.39, 0.29) is 25.1 Å². The van der Waals surface area contributed by atoms with Crippen LogP contribution in [0.4, 0.5) is 4.39 Å². The summed E-state index contributed by atoms with van der Waals surface area (Å²) in [5.41, 5.74) is 1.29. The molecule has 1 rings (SSSR count). The van der Waals surface area contributed by atoms with E-state index in [0.717, 1.165) is 5.56 Å². The summed E-state index contributed by atoms with van der Waals surface area (Å²) in [6.45, 7) is 2.61. The lowest BCUT2D eigenvalue weighted by molar-refractivity contribution is 0.154. The third kappa shape index (κ3) is 4.99. The molecule has 0 radical (unpaired) electrons. The van der Waals surface area contributed by atoms with Gasteiger partial charge in [-0.25, -0.2) is 4.39 Å². The molecule has 0 fully saturated rings. The lowest BCUT2D eigenvalue weighted by atomic mass is 10.1. The van der Waals surface area contributed by atoms with Gasteiger partial charge in [-0.3, -0.25) is 4.90 Å². The second kappa shape index (κ2) is 7.90. The van der Waals surface area contributed by atoms with E-state index in [2.05, 4.69) is 11.8 Å². The Bertz CT molecular complexity index is 465. The van der Waals surface area contributed by atoms with Crippen molar-refractivity contribution in [3.05, 3.63) is 35.1 Å². The van der Waals surface area contributed by atoms with Gasteiger partial charge in [0.25, 0.3) is 0 Å². The highest BCUT2D eigenvalue weighted by Gasteiger charge is 2.09. The van der Waals surface area contributed by atoms with Gasteiger partial charge < -0.3 is 10.2 Å². The highest BCUT2D eigenvalue weighted by atomic mass is 19.1. The molecule has 1 aromatic carbocycles. The zero-order valence-corrected chi connectivity index (χ0v) is 11.4. The van der Waals surface area contributed by atoms with Crippen LogP contribution >= 0.6 is 0 Å². The van der Waals surface area contributed by atoms with E-state index in [9.17, 15) is 4.39 Å². The van der Waals surface area contributed by atoms with Crippen LogP contribution < -0.4 is 0 Å². The molecule has 0 aliphatic carbocycles. The molecular formula is C15H20FNO2. The number of rotatable bonds is 5. The van der Waals surface area contributed by atoms with Crippen LogP contribution in [-0.2, 0) is 6.54 Å². The van der Waals surface area contributed by atoms with E-state index in [1.807, 2.05) is 18.9 Å². The third-order valence-electron chi connectivity index (χ3n) is 2.94. The molecule has 0 amide bonds. The quantitative estimate of drug-likeness (QED) is 0.790. The first-order chi connectivity index (χ1) is 9.08. The first-order valence-corrected chi connectivity index (χ1v) is 6.27. The molecule has 4 heteroatoms. The molecule has 0 aromatic heterocycles. The average molecular weight is 265 g/mol. The summed E-state index contributed by atoms with van der Waals surface area (Å²) in [6.07, 6.45) is 0.338. The highest BCUT2D eigenvalue weighted by molar-refractivity contribution is 5.38. The summed E-state index contributed by atoms with van der Waals surface area (Å²) >= 11 is 0. The summed E-state index contributed by atoms with van der Waals surface area (Å²) in [5.74, 6) is 5.08. The fraction of sp³-hybridized carbons (Fsp3) is 0.467. The molecule has 0 spiro atoms. The number of nitrogens with zero attached hydrogens (tertiary/aromatic N) is 1. The van der Waals surface area contributed by atoms with Gasteiger partial charge in [0.2, 0.25) is 0 Å². The van der Waals surface area contributed by atoms with E-state index in [1.54, 1.807) is 12.1 Å². The topological polar surface area (TPSA) is 43.7 Å². The zero-order valence-electron chi connectivity index (χ0n) is 11.4. The Morgan fingerprint density at radius 1 is 1.37 bits per heavy atom. The zero-order chi connectivity index (χ0) is 14.3. The van der Waals surface area contributed by atoms with Crippen LogP contribution in [0.2, 0.25) is 0 Å². The van der Waals surface area contributed by atoms with E-state index < -0.39 is 0 Å². The Hall–Kier alpha value is -1.41. The summed E-state index contributed by atoms with van der Waals surface area (Å²) in [6, 6.07) is 4.87. The van der Waals surface area contributed by atoms with Crippen LogP contribution in [0.1, 0.15) is 24.5 Å². The predicted molar refractivity (Wildman–Crippen MR) is 73.0 cm³/mol. The first kappa shape index (κ1) is 15.6. The molecule has 0 saturated carbocycles. The molecule has 0 bridgehead atoms. The van der Waals surface area contributed by atoms with E-state index in [0.29, 0.717) is 18.5 Å². The number of likely N-dealkylation sites (N-methyl/N-ethyl adjacent to an activating group) is 1. The van der Waals surface area contributed by atoms with Crippen molar-refractivity contribution in [2.75, 3.05) is 20.3 Å². The van der Waals surface area contributed by atoms with E-state index in [1.165, 1.54) is 6.07 Å². The van der Waals surface area contributed by atoms with Gasteiger partial charge in [0.1, 0.15) is 5.82 Å². The Kier molecular flexibility index (Phi) is 6.51. The lowest BCUT2D eigenvalue weighted by Gasteiger charge is -2.22. The second-order valence-corrected chi connectivity index (χ2v) is 4.54. The van der Waals surface area contributed by atoms with Gasteiger partial charge in [-0.15, -0.1) is 0 Å². The Morgan fingerprint density at radius 3 is 2.74 bits per heavy atom. The van der Waals surface area contributed by atoms with Gasteiger partial charge >= 0.3 is 0 Å². The minimum absolute atomic E-state index is 0.0228. The smallest absolute Gasteiger partial charge is 0.138 e. The average Bonchev–Trinajstić information content (AvgIpc) is 2.41. The summed E-state index contributed by atoms with van der Waals surface area (Å²) in [5, 5.41) is 17.7. The maximum Gasteiger partial charge on any atom is 0.138 e. The number of hydrogen-bond donors (Lipinski definition) is 2. The highest BCUT2D eigenvalue weighted by Crippen LogP contribution is 2.12. The van der Waals surface area contributed by atoms with Gasteiger partial charge in [-0.05, 0) is 31.7 Å². The monoisotopic (exact) mass is 265 g/mol. The molecule has 1 unspecified atom stereocenters. The van der Waals surface area contributed by atoms with Crippen LogP contribution in [0.25, 0.3) is 0 Å². The molecule has 0 heterocycles. The molecule has 0 aliphatic heterocycles. The predicted octanol–water partition coefficient (Wildman–Crippen LogP) is 1.37. The van der Waals surface area contributed by atoms with Crippen molar-refractivity contribution in [3.63, 3.8) is 0 Å². The molecule has 1 atom stereocenters. The van der Waals surface area contributed by atoms with Gasteiger partial charge in [-0.2, -0.15) is 0 Å². The SMILES string of the molecule is CC(CO)N(C)Cc1ccc(F)c(C#CCCO)c1. The van der Waals surface area contributed by atoms with Crippen LogP contribution in [0.5, 0.6) is 0 Å². The Balaban J connectivity index is 2.82. The van der Waals surface area contributed by atoms with Crippen molar-refractivity contribution in [3.8, 4) is 11.8 Å². The fourth-order valence-corrected chi connectivity index (χ4v) is 1.56. The van der Waals surface area contributed by atoms with Crippen LogP contribution in [0.15, 0.2) is 18.2 Å². The molecule has 2 N–H and O–H groups in total. The molecular weight excluding hydrogens is 245 g/mol. The van der Waals surface area contributed by atoms with E-state index in [4.69, 9.17) is 10.2 Å². The van der Waals surface area contributed by atoms with Gasteiger partial charge in [-0.1, -0.05) is 17.9 Å². The normalized spacial score (nSPS) is 12.1. The molecule has 3 nitrogen and oxygen atoms in total. The fourth-order valence-electron chi connectivity index (χ4n) is 1.56. The molecule has 104 valence electrons. The number of aliphatic hydroxyl groups is 2. The van der Waals surface area contributed by atoms with E-state index >= 15 is 0 Å². The van der Waals surface area contributed by atoms with Crippen LogP contribution in [-0.4, -0.2) is 41.4 Å². The van der Waals surface area contributed by atoms with Crippen molar-refractivity contribution < 1.29 is 14.6 Å². The standard InChI is InChI=1S/C15H20FNO2/c1-12(11-19)17(2)10-13-6-7-15(16)14(9-13)5-3-4-8-18/h6-7,9,12,18-19H,4,8,10-11H2,1-2H3. The Labute approximate surface area is 113 Å². The van der Waals surface area contributed by atoms with Crippen molar-refractivity contribution in [2.45, 2.75) is 25.9 Å². The molecule has 19 heavy (non-hydrogen) atoms. The number of benzene rings is 1. The van der Waals surface area contributed by atoms with Crippen molar-refractivity contribution >= 4 is 0 Å². The molecule has 0 aliphatic rings. The van der Waals surface area contributed by atoms with Crippen molar-refractivity contribution in [2.24, 2.45) is 0 Å². The van der Waals surface area contributed by atoms with Crippen LogP contribution in [0.3, 0.4) is 0 Å². The van der Waals surface area contributed by atoms with Crippen molar-refractivity contribution in [1.82, 2.24) is 4.90 Å². The molecule has 1 aromatic rings. The largest absolute Gasteiger partial charge is 0.395 e. The minimum atomic E-state index is -0.355. The van der Waals surface area contributed by atoms with Gasteiger partial charge in [0.05, 0.1) is 18.8 Å². The van der Waals surface area contributed by atoms with Gasteiger partial charge in [0.15, 0.2) is 0 Å². The molecule has 0 saturated heterocycles. The lowest BCUT2D eigenvalue weighted by Crippen LogP contribution is -2.31. The maximum atomic E-state index is 13.5. The van der Waals surface area contributed by atoms with Crippen LogP contribution in [0, 0.1) is 17.7 Å². The Morgan fingerprint density at radius 2 is 2.11 bits per heavy atom. The number of aliphatic hydroxyl groups excluding tert-OH is 2. The third-order valence-corrected chi connectivity index (χ3v) is 2.94. The van der Waals surface area contributed by atoms with Crippen molar-refractivity contribution in [1.29, 1.82) is 0 Å². The second-order valence-electron chi connectivity index (χ2n) is 4.54. The number of hydrogen-bond acceptors (Lipinski definition) is 3. The van der Waals surface area contributed by atoms with Gasteiger partial charge in [0, 0.05) is 19.0 Å². The minimum Gasteiger partial charge on any atom is -0.395 e.